The van der Waals surface area contributed by atoms with Gasteiger partial charge in [0.2, 0.25) is 0 Å². The molecule has 47 heavy (non-hydrogen) atoms. The molecule has 3 heterocycles. The van der Waals surface area contributed by atoms with E-state index in [1.54, 1.807) is 36.4 Å². The van der Waals surface area contributed by atoms with Gasteiger partial charge in [-0.05, 0) is 36.4 Å². The van der Waals surface area contributed by atoms with Crippen LogP contribution in [0, 0.1) is 0 Å². The average molecular weight is 871 g/mol. The van der Waals surface area contributed by atoms with Crippen molar-refractivity contribution >= 4 is 49.1 Å². The summed E-state index contributed by atoms with van der Waals surface area (Å²) >= 11 is 0. The first-order chi connectivity index (χ1) is 18.9. The van der Waals surface area contributed by atoms with Gasteiger partial charge in [0.25, 0.3) is 0 Å². The molecule has 0 bridgehead atoms. The van der Waals surface area contributed by atoms with Crippen LogP contribution in [-0.2, 0) is 65.9 Å². The molecule has 3 aromatic heterocycles. The van der Waals surface area contributed by atoms with Gasteiger partial charge < -0.3 is 66.9 Å². The number of hydrogen-bond donors (Lipinski definition) is 6. The van der Waals surface area contributed by atoms with E-state index in [2.05, 4.69) is 15.0 Å². The van der Waals surface area contributed by atoms with Crippen LogP contribution in [0.25, 0.3) is 0 Å². The number of hydrogen-bond acceptors (Lipinski definition) is 15. The standard InChI is InChI=1S/3C6H5NO2.3ClH.2Cr.3H2O4S/c3*8-6(9)5-3-1-2-4-7-5;;;;;;3*1-5(2,3)4/h3*1-4H,(H,8,9);3*1H;;;3*(H2,1,2,3,4)/q;;;;;;2*+3;;;/p-6. The number of nitrogens with zero attached hydrogens (tertiary/aromatic N) is 3. The summed E-state index contributed by atoms with van der Waals surface area (Å²) in [5.41, 5.74) is -0.0903. The molecule has 0 saturated heterocycles. The maximum Gasteiger partial charge on any atom is 3.00 e. The topological polar surface area (TPSA) is 383 Å². The zero-order chi connectivity index (χ0) is 33.6. The Morgan fingerprint density at radius 1 is 0.447 bits per heavy atom. The van der Waals surface area contributed by atoms with Crippen LogP contribution < -0.4 is 52.5 Å². The number of carboxylic acids is 3. The molecule has 0 amide bonds. The van der Waals surface area contributed by atoms with Gasteiger partial charge in [0, 0.05) is 18.6 Å². The quantitative estimate of drug-likeness (QED) is 0.133. The van der Waals surface area contributed by atoms with Crippen molar-refractivity contribution in [2.45, 2.75) is 0 Å². The van der Waals surface area contributed by atoms with Crippen molar-refractivity contribution in [3.05, 3.63) is 90.3 Å². The summed E-state index contributed by atoms with van der Waals surface area (Å²) in [6, 6.07) is 13.9. The number of aromatic nitrogens is 3. The van der Waals surface area contributed by atoms with Gasteiger partial charge in [0.05, 0.1) is 35.0 Å². The van der Waals surface area contributed by atoms with Crippen LogP contribution in [-0.4, -0.2) is 85.4 Å². The average Bonchev–Trinajstić information content (AvgIpc) is 2.83. The summed E-state index contributed by atoms with van der Waals surface area (Å²) in [6.45, 7) is 0. The van der Waals surface area contributed by atoms with Crippen molar-refractivity contribution in [1.29, 1.82) is 0 Å². The third kappa shape index (κ3) is 66.7. The molecular weight excluding hydrogens is 853 g/mol. The van der Waals surface area contributed by atoms with E-state index in [9.17, 15) is 29.7 Å². The van der Waals surface area contributed by atoms with Crippen molar-refractivity contribution in [1.82, 2.24) is 15.0 Å². The Labute approximate surface area is 306 Å². The Balaban J connectivity index is -0.0000000648. The number of carboxylic acid groups (broad SMARTS) is 3. The molecule has 0 saturated carbocycles. The number of rotatable bonds is 3. The largest absolute Gasteiger partial charge is 3.00 e. The molecule has 0 aliphatic heterocycles. The molecule has 3 aromatic rings. The van der Waals surface area contributed by atoms with Crippen molar-refractivity contribution in [3.8, 4) is 0 Å². The van der Waals surface area contributed by atoms with Gasteiger partial charge in [-0.25, -0.2) is 0 Å². The summed E-state index contributed by atoms with van der Waals surface area (Å²) in [5.74, 6) is -3.72. The Hall–Kier alpha value is -2.60. The maximum absolute atomic E-state index is 10.0. The molecule has 2 radical (unpaired) electrons. The number of pyridine rings is 3. The first-order valence-corrected chi connectivity index (χ1v) is 13.6. The minimum atomic E-state index is -4.67. The zero-order valence-corrected chi connectivity index (χ0v) is 29.3. The molecule has 0 aliphatic carbocycles. The van der Waals surface area contributed by atoms with Gasteiger partial charge in [0.15, 0.2) is 0 Å². The predicted molar refractivity (Wildman–Crippen MR) is 128 cm³/mol. The Bertz CT molecular complexity index is 1350. The van der Waals surface area contributed by atoms with E-state index in [0.717, 1.165) is 0 Å². The van der Waals surface area contributed by atoms with Crippen LogP contribution in [0.4, 0.5) is 0 Å². The van der Waals surface area contributed by atoms with Crippen LogP contribution in [0.5, 0.6) is 0 Å². The Morgan fingerprint density at radius 3 is 0.660 bits per heavy atom. The number of carbonyl (C=O) groups excluding carboxylic acids is 3. The molecule has 6 N–H and O–H groups in total. The summed E-state index contributed by atoms with van der Waals surface area (Å²) < 4.78 is 94.8. The summed E-state index contributed by atoms with van der Waals surface area (Å²) in [7, 11) is -14.0. The van der Waals surface area contributed by atoms with E-state index in [0.29, 0.717) is 0 Å². The smallest absolute Gasteiger partial charge is 1.00 e. The molecule has 0 aliphatic rings. The molecule has 0 atom stereocenters. The minimum absolute atomic E-state index is 0. The molecule has 0 aromatic carbocycles. The summed E-state index contributed by atoms with van der Waals surface area (Å²) in [4.78, 5) is 40.6. The second kappa shape index (κ2) is 33.3. The second-order valence-corrected chi connectivity index (χ2v) is 8.54. The molecule has 0 fully saturated rings. The molecular formula is C18H18Cl3Cr2N3O18S3. The van der Waals surface area contributed by atoms with Crippen LogP contribution in [0.15, 0.2) is 73.2 Å². The van der Waals surface area contributed by atoms with Gasteiger partial charge >= 0.3 is 65.9 Å². The number of halogens is 3. The first kappa shape index (κ1) is 63.1. The monoisotopic (exact) mass is 869 g/mol. The van der Waals surface area contributed by atoms with E-state index >= 15 is 0 Å². The molecule has 29 heteroatoms. The first-order valence-electron chi connectivity index (χ1n) is 9.38. The Morgan fingerprint density at radius 2 is 0.596 bits per heavy atom. The Kier molecular flexibility index (Phi) is 44.7. The van der Waals surface area contributed by atoms with Crippen LogP contribution in [0.1, 0.15) is 31.5 Å². The normalized spacial score (nSPS) is 8.81. The van der Waals surface area contributed by atoms with Gasteiger partial charge in [-0.1, -0.05) is 18.2 Å². The SMILES string of the molecule is O=C([O-])c1ccccn1.O=C([O-])c1ccccn1.O=C([O-])c1ccccn1.O=S(=O)(O)O.O=S(=O)(O)O.O=S(=O)(O)O.[Cl-].[Cl-].[Cl-].[Cr+3].[Cr+3]. The van der Waals surface area contributed by atoms with E-state index in [1.165, 1.54) is 36.8 Å². The zero-order valence-electron chi connectivity index (χ0n) is 22.0. The van der Waals surface area contributed by atoms with E-state index in [4.69, 9.17) is 52.6 Å². The molecule has 264 valence electrons. The third-order valence-electron chi connectivity index (χ3n) is 2.62. The fourth-order valence-corrected chi connectivity index (χ4v) is 1.45. The van der Waals surface area contributed by atoms with E-state index < -0.39 is 49.1 Å². The van der Waals surface area contributed by atoms with Gasteiger partial charge in [-0.3, -0.25) is 42.3 Å². The van der Waals surface area contributed by atoms with Crippen molar-refractivity contribution < 1.29 is 154 Å². The fourth-order valence-electron chi connectivity index (χ4n) is 1.45. The van der Waals surface area contributed by atoms with Gasteiger partial charge in [0.1, 0.15) is 0 Å². The van der Waals surface area contributed by atoms with Crippen molar-refractivity contribution in [3.63, 3.8) is 0 Å². The van der Waals surface area contributed by atoms with Gasteiger partial charge in [-0.2, -0.15) is 25.3 Å². The van der Waals surface area contributed by atoms with Crippen molar-refractivity contribution in [2.24, 2.45) is 0 Å². The predicted octanol–water partition coefficient (Wildman–Crippen LogP) is -12.6. The van der Waals surface area contributed by atoms with Crippen LogP contribution >= 0.6 is 0 Å². The number of carbonyl (C=O) groups is 3. The number of aromatic carboxylic acids is 3. The van der Waals surface area contributed by atoms with E-state index in [-0.39, 0.29) is 89.0 Å². The van der Waals surface area contributed by atoms with Crippen LogP contribution in [0.3, 0.4) is 0 Å². The summed E-state index contributed by atoms with van der Waals surface area (Å²) in [6.07, 6.45) is 4.22. The van der Waals surface area contributed by atoms with E-state index in [1.807, 2.05) is 0 Å². The maximum atomic E-state index is 10.0. The molecule has 0 spiro atoms. The minimum Gasteiger partial charge on any atom is -1.00 e. The fraction of sp³-hybridized carbons (Fsp3) is 0. The van der Waals surface area contributed by atoms with Crippen molar-refractivity contribution in [2.75, 3.05) is 0 Å². The second-order valence-electron chi connectivity index (χ2n) is 5.85. The summed E-state index contributed by atoms with van der Waals surface area (Å²) in [5, 5.41) is 30.1. The van der Waals surface area contributed by atoms with Crippen LogP contribution in [0.2, 0.25) is 0 Å². The third-order valence-corrected chi connectivity index (χ3v) is 2.62. The molecule has 0 unspecified atom stereocenters. The molecule has 21 nitrogen and oxygen atoms in total. The van der Waals surface area contributed by atoms with Gasteiger partial charge in [-0.15, -0.1) is 0 Å². The molecule has 3 rings (SSSR count).